The van der Waals surface area contributed by atoms with Gasteiger partial charge in [-0.2, -0.15) is 0 Å². The van der Waals surface area contributed by atoms with E-state index in [9.17, 15) is 0 Å². The lowest BCUT2D eigenvalue weighted by Crippen LogP contribution is -2.44. The van der Waals surface area contributed by atoms with Crippen molar-refractivity contribution in [1.29, 1.82) is 0 Å². The van der Waals surface area contributed by atoms with Crippen LogP contribution in [0.2, 0.25) is 0 Å². The Labute approximate surface area is 118 Å². The molecule has 0 bridgehead atoms. The Morgan fingerprint density at radius 1 is 1.22 bits per heavy atom. The predicted octanol–water partition coefficient (Wildman–Crippen LogP) is 3.02. The maximum absolute atomic E-state index is 3.56. The lowest BCUT2D eigenvalue weighted by molar-refractivity contribution is 0.313. The van der Waals surface area contributed by atoms with Crippen molar-refractivity contribution in [3.8, 4) is 0 Å². The zero-order chi connectivity index (χ0) is 13.0. The molecule has 18 heavy (non-hydrogen) atoms. The lowest BCUT2D eigenvalue weighted by atomic mass is 10.2. The predicted molar refractivity (Wildman–Crippen MR) is 82.6 cm³/mol. The van der Waals surface area contributed by atoms with Crippen LogP contribution in [0.3, 0.4) is 0 Å². The quantitative estimate of drug-likeness (QED) is 0.922. The van der Waals surface area contributed by atoms with Gasteiger partial charge >= 0.3 is 0 Å². The van der Waals surface area contributed by atoms with Crippen molar-refractivity contribution in [1.82, 2.24) is 4.90 Å². The molecule has 0 aromatic heterocycles. The number of likely N-dealkylation sites (N-methyl/N-ethyl adjacent to an activating group) is 1. The SMILES string of the molecule is CCCNc1cc(Br)ccc1N1CCN(C)CC1. The number of halogens is 1. The second-order valence-corrected chi connectivity index (χ2v) is 5.79. The summed E-state index contributed by atoms with van der Waals surface area (Å²) in [5.41, 5.74) is 2.58. The largest absolute Gasteiger partial charge is 0.383 e. The highest BCUT2D eigenvalue weighted by Crippen LogP contribution is 2.30. The van der Waals surface area contributed by atoms with Gasteiger partial charge in [-0.05, 0) is 31.7 Å². The minimum Gasteiger partial charge on any atom is -0.383 e. The van der Waals surface area contributed by atoms with Crippen LogP contribution in [0.4, 0.5) is 11.4 Å². The molecule has 1 aromatic carbocycles. The van der Waals surface area contributed by atoms with Crippen LogP contribution in [0.5, 0.6) is 0 Å². The third-order valence-electron chi connectivity index (χ3n) is 3.37. The molecule has 0 amide bonds. The van der Waals surface area contributed by atoms with Gasteiger partial charge in [0.05, 0.1) is 11.4 Å². The number of nitrogens with one attached hydrogen (secondary N) is 1. The normalized spacial score (nSPS) is 16.9. The number of hydrogen-bond donors (Lipinski definition) is 1. The second-order valence-electron chi connectivity index (χ2n) is 4.88. The molecule has 4 heteroatoms. The highest BCUT2D eigenvalue weighted by Gasteiger charge is 2.16. The van der Waals surface area contributed by atoms with E-state index in [2.05, 4.69) is 63.2 Å². The molecule has 2 rings (SSSR count). The minimum absolute atomic E-state index is 1.02. The average molecular weight is 312 g/mol. The Kier molecular flexibility index (Phi) is 4.89. The van der Waals surface area contributed by atoms with Gasteiger partial charge in [0.25, 0.3) is 0 Å². The summed E-state index contributed by atoms with van der Waals surface area (Å²) in [6.45, 7) is 7.72. The Morgan fingerprint density at radius 2 is 1.94 bits per heavy atom. The molecular weight excluding hydrogens is 290 g/mol. The van der Waals surface area contributed by atoms with Gasteiger partial charge in [-0.1, -0.05) is 22.9 Å². The molecule has 1 aliphatic rings. The first-order valence-corrected chi connectivity index (χ1v) is 7.47. The smallest absolute Gasteiger partial charge is 0.0603 e. The summed E-state index contributed by atoms with van der Waals surface area (Å²) in [5.74, 6) is 0. The highest BCUT2D eigenvalue weighted by molar-refractivity contribution is 9.10. The summed E-state index contributed by atoms with van der Waals surface area (Å²) in [6.07, 6.45) is 1.15. The van der Waals surface area contributed by atoms with Crippen LogP contribution in [0, 0.1) is 0 Å². The molecule has 1 heterocycles. The van der Waals surface area contributed by atoms with Crippen LogP contribution in [0.15, 0.2) is 22.7 Å². The second kappa shape index (κ2) is 6.43. The molecule has 3 nitrogen and oxygen atoms in total. The lowest BCUT2D eigenvalue weighted by Gasteiger charge is -2.35. The maximum atomic E-state index is 3.56. The van der Waals surface area contributed by atoms with Crippen LogP contribution in [-0.4, -0.2) is 44.7 Å². The third-order valence-corrected chi connectivity index (χ3v) is 3.86. The molecule has 0 aliphatic carbocycles. The van der Waals surface area contributed by atoms with E-state index < -0.39 is 0 Å². The van der Waals surface area contributed by atoms with Crippen molar-refractivity contribution in [3.05, 3.63) is 22.7 Å². The van der Waals surface area contributed by atoms with E-state index in [0.29, 0.717) is 0 Å². The summed E-state index contributed by atoms with van der Waals surface area (Å²) < 4.78 is 1.14. The number of benzene rings is 1. The van der Waals surface area contributed by atoms with Crippen molar-refractivity contribution >= 4 is 27.3 Å². The number of piperazine rings is 1. The fourth-order valence-corrected chi connectivity index (χ4v) is 2.59. The van der Waals surface area contributed by atoms with Crippen molar-refractivity contribution in [2.45, 2.75) is 13.3 Å². The standard InChI is InChI=1S/C14H22BrN3/c1-3-6-16-13-11-12(15)4-5-14(13)18-9-7-17(2)8-10-18/h4-5,11,16H,3,6-10H2,1-2H3. The van der Waals surface area contributed by atoms with E-state index in [0.717, 1.165) is 43.6 Å². The molecule has 1 saturated heterocycles. The molecule has 0 unspecified atom stereocenters. The molecule has 1 N–H and O–H groups in total. The monoisotopic (exact) mass is 311 g/mol. The molecule has 0 atom stereocenters. The first-order chi connectivity index (χ1) is 8.70. The zero-order valence-electron chi connectivity index (χ0n) is 11.2. The van der Waals surface area contributed by atoms with E-state index in [4.69, 9.17) is 0 Å². The van der Waals surface area contributed by atoms with Crippen LogP contribution in [-0.2, 0) is 0 Å². The van der Waals surface area contributed by atoms with Crippen LogP contribution < -0.4 is 10.2 Å². The van der Waals surface area contributed by atoms with E-state index in [1.54, 1.807) is 0 Å². The molecule has 0 spiro atoms. The van der Waals surface area contributed by atoms with Gasteiger partial charge in [0, 0.05) is 37.2 Å². The van der Waals surface area contributed by atoms with E-state index in [1.807, 2.05) is 0 Å². The fraction of sp³-hybridized carbons (Fsp3) is 0.571. The van der Waals surface area contributed by atoms with Gasteiger partial charge in [0.15, 0.2) is 0 Å². The van der Waals surface area contributed by atoms with Gasteiger partial charge < -0.3 is 15.1 Å². The number of rotatable bonds is 4. The van der Waals surface area contributed by atoms with Crippen molar-refractivity contribution < 1.29 is 0 Å². The Morgan fingerprint density at radius 3 is 2.61 bits per heavy atom. The Bertz CT molecular complexity index is 387. The topological polar surface area (TPSA) is 18.5 Å². The first-order valence-electron chi connectivity index (χ1n) is 6.67. The summed E-state index contributed by atoms with van der Waals surface area (Å²) in [4.78, 5) is 4.86. The fourth-order valence-electron chi connectivity index (χ4n) is 2.23. The van der Waals surface area contributed by atoms with E-state index >= 15 is 0 Å². The van der Waals surface area contributed by atoms with Crippen molar-refractivity contribution in [3.63, 3.8) is 0 Å². The van der Waals surface area contributed by atoms with Gasteiger partial charge in [-0.3, -0.25) is 0 Å². The van der Waals surface area contributed by atoms with Gasteiger partial charge in [0.2, 0.25) is 0 Å². The number of hydrogen-bond acceptors (Lipinski definition) is 3. The van der Waals surface area contributed by atoms with Crippen molar-refractivity contribution in [2.75, 3.05) is 50.0 Å². The number of anilines is 2. The van der Waals surface area contributed by atoms with Gasteiger partial charge in [0.1, 0.15) is 0 Å². The molecule has 0 radical (unpaired) electrons. The third kappa shape index (κ3) is 3.39. The summed E-state index contributed by atoms with van der Waals surface area (Å²) in [6, 6.07) is 6.53. The van der Waals surface area contributed by atoms with Gasteiger partial charge in [-0.15, -0.1) is 0 Å². The van der Waals surface area contributed by atoms with Crippen LogP contribution in [0.1, 0.15) is 13.3 Å². The zero-order valence-corrected chi connectivity index (χ0v) is 12.8. The van der Waals surface area contributed by atoms with Crippen LogP contribution >= 0.6 is 15.9 Å². The Balaban J connectivity index is 2.15. The summed E-state index contributed by atoms with van der Waals surface area (Å²) in [5, 5.41) is 3.53. The van der Waals surface area contributed by atoms with Crippen LogP contribution in [0.25, 0.3) is 0 Å². The van der Waals surface area contributed by atoms with Crippen molar-refractivity contribution in [2.24, 2.45) is 0 Å². The summed E-state index contributed by atoms with van der Waals surface area (Å²) >= 11 is 3.56. The average Bonchev–Trinajstić information content (AvgIpc) is 2.38. The minimum atomic E-state index is 1.02. The molecular formula is C14H22BrN3. The molecule has 0 saturated carbocycles. The molecule has 100 valence electrons. The first kappa shape index (κ1) is 13.7. The number of nitrogens with zero attached hydrogens (tertiary/aromatic N) is 2. The molecule has 1 fully saturated rings. The van der Waals surface area contributed by atoms with E-state index in [-0.39, 0.29) is 0 Å². The molecule has 1 aliphatic heterocycles. The summed E-state index contributed by atoms with van der Waals surface area (Å²) in [7, 11) is 2.19. The molecule has 1 aromatic rings. The van der Waals surface area contributed by atoms with E-state index in [1.165, 1.54) is 11.4 Å². The maximum Gasteiger partial charge on any atom is 0.0603 e. The Hall–Kier alpha value is -0.740. The van der Waals surface area contributed by atoms with Gasteiger partial charge in [-0.25, -0.2) is 0 Å². The highest BCUT2D eigenvalue weighted by atomic mass is 79.9.